The van der Waals surface area contributed by atoms with Crippen LogP contribution in [0.2, 0.25) is 0 Å². The van der Waals surface area contributed by atoms with Gasteiger partial charge in [0, 0.05) is 5.56 Å². The fourth-order valence-corrected chi connectivity index (χ4v) is 3.66. The maximum atomic E-state index is 14.2. The van der Waals surface area contributed by atoms with E-state index in [-0.39, 0.29) is 18.8 Å². The lowest BCUT2D eigenvalue weighted by Crippen LogP contribution is -2.45. The molecule has 1 saturated heterocycles. The molecule has 1 aliphatic rings. The molecule has 1 unspecified atom stereocenters. The van der Waals surface area contributed by atoms with Gasteiger partial charge >= 0.3 is 6.09 Å². The van der Waals surface area contributed by atoms with Crippen LogP contribution >= 0.6 is 0 Å². The van der Waals surface area contributed by atoms with Crippen LogP contribution in [0, 0.1) is 5.82 Å². The fraction of sp³-hybridized carbons (Fsp3) is 0.235. The van der Waals surface area contributed by atoms with Crippen molar-refractivity contribution in [3.63, 3.8) is 0 Å². The quantitative estimate of drug-likeness (QED) is 0.853. The average molecular weight is 349 g/mol. The summed E-state index contributed by atoms with van der Waals surface area (Å²) in [5, 5.41) is 0. The minimum Gasteiger partial charge on any atom is -0.444 e. The Kier molecular flexibility index (Phi) is 4.64. The van der Waals surface area contributed by atoms with Gasteiger partial charge < -0.3 is 4.74 Å². The molecule has 0 aliphatic carbocycles. The lowest BCUT2D eigenvalue weighted by molar-refractivity contribution is 0.0946. The maximum Gasteiger partial charge on any atom is 0.424 e. The molecule has 0 bridgehead atoms. The van der Waals surface area contributed by atoms with Crippen LogP contribution in [0.4, 0.5) is 9.18 Å². The highest BCUT2D eigenvalue weighted by Crippen LogP contribution is 2.37. The van der Waals surface area contributed by atoms with Crippen LogP contribution in [0.5, 0.6) is 0 Å². The van der Waals surface area contributed by atoms with Crippen molar-refractivity contribution in [3.05, 3.63) is 71.5 Å². The second-order valence-corrected chi connectivity index (χ2v) is 6.60. The van der Waals surface area contributed by atoms with E-state index in [0.29, 0.717) is 0 Å². The van der Waals surface area contributed by atoms with Gasteiger partial charge in [-0.05, 0) is 18.6 Å². The van der Waals surface area contributed by atoms with E-state index in [0.717, 1.165) is 9.87 Å². The first-order valence-electron chi connectivity index (χ1n) is 7.33. The highest BCUT2D eigenvalue weighted by molar-refractivity contribution is 7.78. The zero-order valence-electron chi connectivity index (χ0n) is 13.0. The van der Waals surface area contributed by atoms with Gasteiger partial charge in [0.15, 0.2) is 0 Å². The summed E-state index contributed by atoms with van der Waals surface area (Å²) in [5.74, 6) is -0.497. The third-order valence-corrected chi connectivity index (χ3v) is 5.03. The second kappa shape index (κ2) is 6.70. The number of benzene rings is 2. The van der Waals surface area contributed by atoms with Crippen LogP contribution in [0.1, 0.15) is 18.1 Å². The fourth-order valence-electron chi connectivity index (χ4n) is 2.57. The number of rotatable bonds is 3. The molecule has 1 heterocycles. The third-order valence-electron chi connectivity index (χ3n) is 3.86. The minimum atomic E-state index is -2.03. The molecule has 7 heteroatoms. The van der Waals surface area contributed by atoms with E-state index in [1.807, 2.05) is 18.2 Å². The molecular formula is C17H16FNO4S. The van der Waals surface area contributed by atoms with Crippen molar-refractivity contribution in [2.24, 2.45) is 0 Å². The Morgan fingerprint density at radius 3 is 2.62 bits per heavy atom. The smallest absolute Gasteiger partial charge is 0.424 e. The monoisotopic (exact) mass is 349 g/mol. The summed E-state index contributed by atoms with van der Waals surface area (Å²) in [7, 11) is 0. The van der Waals surface area contributed by atoms with Gasteiger partial charge in [0.05, 0.1) is 6.61 Å². The third kappa shape index (κ3) is 3.05. The van der Waals surface area contributed by atoms with Gasteiger partial charge in [-0.3, -0.25) is 4.18 Å². The van der Waals surface area contributed by atoms with Gasteiger partial charge in [0.1, 0.15) is 18.0 Å². The van der Waals surface area contributed by atoms with Crippen LogP contribution in [0.25, 0.3) is 0 Å². The van der Waals surface area contributed by atoms with E-state index < -0.39 is 28.7 Å². The van der Waals surface area contributed by atoms with Gasteiger partial charge in [-0.15, -0.1) is 0 Å². The molecule has 0 spiro atoms. The van der Waals surface area contributed by atoms with Crippen molar-refractivity contribution >= 4 is 17.4 Å². The molecule has 0 saturated carbocycles. The predicted octanol–water partition coefficient (Wildman–Crippen LogP) is 3.29. The van der Waals surface area contributed by atoms with Crippen LogP contribution in [-0.4, -0.2) is 21.2 Å². The van der Waals surface area contributed by atoms with Gasteiger partial charge in [0.2, 0.25) is 0 Å². The summed E-state index contributed by atoms with van der Waals surface area (Å²) in [6.45, 7) is 1.54. The van der Waals surface area contributed by atoms with Gasteiger partial charge in [-0.1, -0.05) is 48.5 Å². The molecule has 1 amide bonds. The molecule has 1 aliphatic heterocycles. The Hall–Kier alpha value is -2.25. The average Bonchev–Trinajstić information content (AvgIpc) is 2.90. The van der Waals surface area contributed by atoms with E-state index in [1.54, 1.807) is 37.3 Å². The number of halogens is 1. The molecule has 2 atom stereocenters. The molecule has 0 N–H and O–H groups in total. The first kappa shape index (κ1) is 16.6. The molecule has 2 aromatic carbocycles. The highest BCUT2D eigenvalue weighted by Gasteiger charge is 2.50. The Labute approximate surface area is 141 Å². The Balaban J connectivity index is 1.83. The van der Waals surface area contributed by atoms with Crippen LogP contribution < -0.4 is 0 Å². The summed E-state index contributed by atoms with van der Waals surface area (Å²) < 4.78 is 37.6. The normalized spacial score (nSPS) is 23.2. The number of amides is 1. The second-order valence-electron chi connectivity index (χ2n) is 5.57. The molecule has 24 heavy (non-hydrogen) atoms. The van der Waals surface area contributed by atoms with Crippen LogP contribution in [0.15, 0.2) is 54.6 Å². The Morgan fingerprint density at radius 1 is 1.25 bits per heavy atom. The predicted molar refractivity (Wildman–Crippen MR) is 86.3 cm³/mol. The lowest BCUT2D eigenvalue weighted by atomic mass is 9.92. The topological polar surface area (TPSA) is 55.8 Å². The van der Waals surface area contributed by atoms with Crippen molar-refractivity contribution < 1.29 is 22.3 Å². The highest BCUT2D eigenvalue weighted by atomic mass is 32.2. The lowest BCUT2D eigenvalue weighted by Gasteiger charge is -2.30. The summed E-state index contributed by atoms with van der Waals surface area (Å²) >= 11 is -2.03. The molecule has 3 rings (SSSR count). The summed E-state index contributed by atoms with van der Waals surface area (Å²) in [4.78, 5) is 12.4. The van der Waals surface area contributed by atoms with Gasteiger partial charge in [0.25, 0.3) is 11.3 Å². The minimum absolute atomic E-state index is 0.0285. The summed E-state index contributed by atoms with van der Waals surface area (Å²) in [5.41, 5.74) is -0.180. The van der Waals surface area contributed by atoms with E-state index in [4.69, 9.17) is 8.92 Å². The largest absolute Gasteiger partial charge is 0.444 e. The van der Waals surface area contributed by atoms with Gasteiger partial charge in [-0.25, -0.2) is 13.4 Å². The Bertz CT molecular complexity index is 770. The number of carbonyl (C=O) groups excluding carboxylic acids is 1. The molecule has 126 valence electrons. The standard InChI is InChI=1S/C17H16FNO4S/c1-17(14-9-5-6-10-15(14)18)12-23-24(21)19(17)16(20)22-11-13-7-3-2-4-8-13/h2-10H,11-12H2,1H3/t17-,24?/m0/s1. The molecule has 0 radical (unpaired) electrons. The van der Waals surface area contributed by atoms with E-state index in [9.17, 15) is 13.4 Å². The first-order chi connectivity index (χ1) is 11.5. The van der Waals surface area contributed by atoms with Crippen molar-refractivity contribution in [2.75, 3.05) is 6.61 Å². The SMILES string of the molecule is C[C@@]1(c2ccccc2F)COS(=O)N1C(=O)OCc1ccccc1. The molecule has 5 nitrogen and oxygen atoms in total. The van der Waals surface area contributed by atoms with Crippen LogP contribution in [0.3, 0.4) is 0 Å². The van der Waals surface area contributed by atoms with E-state index in [2.05, 4.69) is 0 Å². The van der Waals surface area contributed by atoms with Crippen molar-refractivity contribution in [1.29, 1.82) is 0 Å². The zero-order chi connectivity index (χ0) is 17.2. The molecular weight excluding hydrogens is 333 g/mol. The van der Waals surface area contributed by atoms with Crippen molar-refractivity contribution in [2.45, 2.75) is 19.1 Å². The van der Waals surface area contributed by atoms with E-state index in [1.165, 1.54) is 6.07 Å². The van der Waals surface area contributed by atoms with Crippen LogP contribution in [-0.2, 0) is 32.3 Å². The zero-order valence-corrected chi connectivity index (χ0v) is 13.8. The molecule has 0 aromatic heterocycles. The number of nitrogens with zero attached hydrogens (tertiary/aromatic N) is 1. The van der Waals surface area contributed by atoms with Gasteiger partial charge in [-0.2, -0.15) is 4.31 Å². The summed E-state index contributed by atoms with van der Waals surface area (Å²) in [6.07, 6.45) is -0.819. The number of carbonyl (C=O) groups is 1. The maximum absolute atomic E-state index is 14.2. The number of hydrogen-bond acceptors (Lipinski definition) is 4. The first-order valence-corrected chi connectivity index (χ1v) is 8.36. The molecule has 2 aromatic rings. The van der Waals surface area contributed by atoms with Crippen molar-refractivity contribution in [1.82, 2.24) is 4.31 Å². The van der Waals surface area contributed by atoms with Crippen molar-refractivity contribution in [3.8, 4) is 0 Å². The number of ether oxygens (including phenoxy) is 1. The Morgan fingerprint density at radius 2 is 1.92 bits per heavy atom. The molecule has 1 fully saturated rings. The van der Waals surface area contributed by atoms with E-state index >= 15 is 0 Å². The number of hydrogen-bond donors (Lipinski definition) is 0. The summed E-state index contributed by atoms with van der Waals surface area (Å²) in [6, 6.07) is 15.1.